The van der Waals surface area contributed by atoms with E-state index in [0.29, 0.717) is 17.6 Å². The van der Waals surface area contributed by atoms with Crippen LogP contribution in [0.25, 0.3) is 22.5 Å². The first-order chi connectivity index (χ1) is 20.0. The van der Waals surface area contributed by atoms with Crippen LogP contribution in [0.2, 0.25) is 5.02 Å². The zero-order chi connectivity index (χ0) is 28.2. The minimum Gasteiger partial charge on any atom is -0.325 e. The summed E-state index contributed by atoms with van der Waals surface area (Å²) >= 11 is 5.90. The van der Waals surface area contributed by atoms with Crippen LogP contribution in [0, 0.1) is 5.82 Å². The number of H-pyrrole nitrogens is 1. The van der Waals surface area contributed by atoms with Crippen molar-refractivity contribution >= 4 is 23.2 Å². The molecule has 3 N–H and O–H groups in total. The molecule has 1 aliphatic carbocycles. The van der Waals surface area contributed by atoms with E-state index in [-0.39, 0.29) is 23.0 Å². The van der Waals surface area contributed by atoms with Gasteiger partial charge in [-0.1, -0.05) is 66.9 Å². The lowest BCUT2D eigenvalue weighted by Gasteiger charge is -2.45. The summed E-state index contributed by atoms with van der Waals surface area (Å²) in [5.41, 5.74) is 4.35. The minimum absolute atomic E-state index is 0.0190. The quantitative estimate of drug-likeness (QED) is 0.247. The Hall–Kier alpha value is -3.66. The predicted octanol–water partition coefficient (Wildman–Crippen LogP) is 5.79. The largest absolute Gasteiger partial charge is 0.325 e. The summed E-state index contributed by atoms with van der Waals surface area (Å²) in [5, 5.41) is 20.8. The Morgan fingerprint density at radius 2 is 1.76 bits per heavy atom. The van der Waals surface area contributed by atoms with Crippen LogP contribution in [-0.4, -0.2) is 57.1 Å². The Balaban J connectivity index is 1.20. The number of anilines is 1. The lowest BCUT2D eigenvalue weighted by molar-refractivity contribution is -0.116. The summed E-state index contributed by atoms with van der Waals surface area (Å²) in [6.45, 7) is 2.11. The SMILES string of the molecule is O=C(CNC1(c2ccc(-c3cccc(-c4nn[nH]n4)c3)cc2)CCN(C2CCCC2)CC1)Nc1ccc(F)c(Cl)c1. The first kappa shape index (κ1) is 27.5. The lowest BCUT2D eigenvalue weighted by Crippen LogP contribution is -2.54. The van der Waals surface area contributed by atoms with Gasteiger partial charge in [0.25, 0.3) is 0 Å². The number of hydrogen-bond acceptors (Lipinski definition) is 6. The second-order valence-electron chi connectivity index (χ2n) is 11.0. The van der Waals surface area contributed by atoms with E-state index in [1.54, 1.807) is 0 Å². The van der Waals surface area contributed by atoms with Crippen molar-refractivity contribution in [3.63, 3.8) is 0 Å². The van der Waals surface area contributed by atoms with Gasteiger partial charge in [-0.05, 0) is 71.9 Å². The number of carbonyl (C=O) groups is 1. The van der Waals surface area contributed by atoms with Crippen molar-refractivity contribution in [2.75, 3.05) is 25.0 Å². The monoisotopic (exact) mass is 573 g/mol. The number of piperidine rings is 1. The maximum Gasteiger partial charge on any atom is 0.238 e. The maximum absolute atomic E-state index is 13.6. The van der Waals surface area contributed by atoms with Gasteiger partial charge in [-0.25, -0.2) is 4.39 Å². The third-order valence-corrected chi connectivity index (χ3v) is 8.81. The van der Waals surface area contributed by atoms with Gasteiger partial charge in [0.1, 0.15) is 5.82 Å². The van der Waals surface area contributed by atoms with E-state index >= 15 is 0 Å². The molecule has 10 heteroatoms. The number of rotatable bonds is 8. The molecule has 8 nitrogen and oxygen atoms in total. The van der Waals surface area contributed by atoms with E-state index in [0.717, 1.165) is 42.6 Å². The zero-order valence-corrected chi connectivity index (χ0v) is 23.5. The predicted molar refractivity (Wildman–Crippen MR) is 158 cm³/mol. The van der Waals surface area contributed by atoms with Crippen molar-refractivity contribution in [1.82, 2.24) is 30.8 Å². The van der Waals surface area contributed by atoms with Gasteiger partial charge in [0.05, 0.1) is 11.6 Å². The second-order valence-corrected chi connectivity index (χ2v) is 11.4. The Kier molecular flexibility index (Phi) is 8.09. The highest BCUT2D eigenvalue weighted by Gasteiger charge is 2.38. The first-order valence-electron chi connectivity index (χ1n) is 14.2. The molecule has 2 heterocycles. The molecule has 2 fully saturated rings. The maximum atomic E-state index is 13.6. The van der Waals surface area contributed by atoms with Crippen molar-refractivity contribution in [2.24, 2.45) is 0 Å². The Morgan fingerprint density at radius 3 is 2.46 bits per heavy atom. The van der Waals surface area contributed by atoms with Crippen LogP contribution in [0.5, 0.6) is 0 Å². The van der Waals surface area contributed by atoms with Gasteiger partial charge in [-0.2, -0.15) is 5.21 Å². The number of likely N-dealkylation sites (tertiary alicyclic amines) is 1. The number of halogens is 2. The molecule has 1 saturated carbocycles. The molecule has 4 aromatic rings. The summed E-state index contributed by atoms with van der Waals surface area (Å²) in [7, 11) is 0. The van der Waals surface area contributed by atoms with E-state index in [1.165, 1.54) is 49.4 Å². The fourth-order valence-corrected chi connectivity index (χ4v) is 6.42. The molecule has 6 rings (SSSR count). The van der Waals surface area contributed by atoms with Gasteiger partial charge in [0, 0.05) is 35.9 Å². The van der Waals surface area contributed by atoms with Gasteiger partial charge in [-0.3, -0.25) is 10.1 Å². The smallest absolute Gasteiger partial charge is 0.238 e. The van der Waals surface area contributed by atoms with E-state index < -0.39 is 5.82 Å². The van der Waals surface area contributed by atoms with Gasteiger partial charge in [-0.15, -0.1) is 10.2 Å². The molecule has 0 atom stereocenters. The lowest BCUT2D eigenvalue weighted by atomic mass is 9.79. The molecule has 0 spiro atoms. The van der Waals surface area contributed by atoms with Gasteiger partial charge in [0.2, 0.25) is 11.7 Å². The summed E-state index contributed by atoms with van der Waals surface area (Å²) in [6.07, 6.45) is 7.00. The number of amides is 1. The van der Waals surface area contributed by atoms with Crippen LogP contribution in [0.1, 0.15) is 44.1 Å². The van der Waals surface area contributed by atoms with Crippen molar-refractivity contribution in [3.8, 4) is 22.5 Å². The van der Waals surface area contributed by atoms with E-state index in [1.807, 2.05) is 12.1 Å². The van der Waals surface area contributed by atoms with Gasteiger partial charge in [0.15, 0.2) is 0 Å². The van der Waals surface area contributed by atoms with E-state index in [4.69, 9.17) is 11.6 Å². The molecule has 2 aliphatic rings. The molecular formula is C31H33ClFN7O. The average molecular weight is 574 g/mol. The van der Waals surface area contributed by atoms with Crippen LogP contribution in [-0.2, 0) is 10.3 Å². The topological polar surface area (TPSA) is 98.8 Å². The number of aromatic nitrogens is 4. The van der Waals surface area contributed by atoms with E-state index in [2.05, 4.69) is 72.6 Å². The molecule has 0 radical (unpaired) electrons. The van der Waals surface area contributed by atoms with Crippen LogP contribution in [0.15, 0.2) is 66.7 Å². The molecule has 1 aromatic heterocycles. The standard InChI is InChI=1S/C31H33ClFN7O/c32-27-19-25(12-13-28(27)33)35-29(41)20-34-31(14-16-40(17-15-31)26-6-1-2-7-26)24-10-8-21(9-11-24)22-4-3-5-23(18-22)30-36-38-39-37-30/h3-5,8-13,18-19,26,34H,1-2,6-7,14-17,20H2,(H,35,41)(H,36,37,38,39). The highest BCUT2D eigenvalue weighted by Crippen LogP contribution is 2.37. The number of aromatic amines is 1. The van der Waals surface area contributed by atoms with Crippen LogP contribution >= 0.6 is 11.6 Å². The highest BCUT2D eigenvalue weighted by atomic mass is 35.5. The molecule has 3 aromatic carbocycles. The number of carbonyl (C=O) groups excluding carboxylic acids is 1. The van der Waals surface area contributed by atoms with Crippen LogP contribution in [0.3, 0.4) is 0 Å². The summed E-state index contributed by atoms with van der Waals surface area (Å²) < 4.78 is 13.6. The van der Waals surface area contributed by atoms with Crippen molar-refractivity contribution in [2.45, 2.75) is 50.1 Å². The second kappa shape index (κ2) is 12.1. The molecule has 41 heavy (non-hydrogen) atoms. The fourth-order valence-electron chi connectivity index (χ4n) is 6.24. The average Bonchev–Trinajstić information content (AvgIpc) is 3.74. The number of hydrogen-bond donors (Lipinski definition) is 3. The molecule has 0 unspecified atom stereocenters. The molecule has 1 aliphatic heterocycles. The normalized spacial score (nSPS) is 17.5. The van der Waals surface area contributed by atoms with Gasteiger partial charge >= 0.3 is 0 Å². The molecule has 1 saturated heterocycles. The summed E-state index contributed by atoms with van der Waals surface area (Å²) in [6, 6.07) is 21.6. The first-order valence-corrected chi connectivity index (χ1v) is 14.6. The third-order valence-electron chi connectivity index (χ3n) is 8.52. The minimum atomic E-state index is -0.513. The number of nitrogens with one attached hydrogen (secondary N) is 3. The highest BCUT2D eigenvalue weighted by molar-refractivity contribution is 6.31. The summed E-state index contributed by atoms with van der Waals surface area (Å²) in [5.74, 6) is -0.150. The molecule has 0 bridgehead atoms. The number of tetrazole rings is 1. The zero-order valence-electron chi connectivity index (χ0n) is 22.7. The number of nitrogens with zero attached hydrogens (tertiary/aromatic N) is 4. The Morgan fingerprint density at radius 1 is 1.00 bits per heavy atom. The molecule has 1 amide bonds. The van der Waals surface area contributed by atoms with Crippen molar-refractivity contribution < 1.29 is 9.18 Å². The Bertz CT molecular complexity index is 1480. The third kappa shape index (κ3) is 6.17. The Labute approximate surface area is 243 Å². The molecular weight excluding hydrogens is 541 g/mol. The van der Waals surface area contributed by atoms with Crippen molar-refractivity contribution in [1.29, 1.82) is 0 Å². The van der Waals surface area contributed by atoms with Crippen LogP contribution < -0.4 is 10.6 Å². The number of benzene rings is 3. The van der Waals surface area contributed by atoms with E-state index in [9.17, 15) is 9.18 Å². The van der Waals surface area contributed by atoms with Crippen LogP contribution in [0.4, 0.5) is 10.1 Å². The van der Waals surface area contributed by atoms with Crippen molar-refractivity contribution in [3.05, 3.63) is 83.1 Å². The van der Waals surface area contributed by atoms with Gasteiger partial charge < -0.3 is 10.2 Å². The summed E-state index contributed by atoms with van der Waals surface area (Å²) in [4.78, 5) is 15.6. The molecule has 212 valence electrons. The fraction of sp³-hybridized carbons (Fsp3) is 0.355.